The minimum absolute atomic E-state index is 0.116. The molecule has 0 spiro atoms. The maximum absolute atomic E-state index is 12.2. The van der Waals surface area contributed by atoms with Crippen LogP contribution in [0.15, 0.2) is 30.5 Å². The van der Waals surface area contributed by atoms with Gasteiger partial charge in [-0.25, -0.2) is 0 Å². The predicted octanol–water partition coefficient (Wildman–Crippen LogP) is 2.03. The lowest BCUT2D eigenvalue weighted by Gasteiger charge is -2.13. The molecule has 0 saturated carbocycles. The largest absolute Gasteiger partial charge is 0.272 e. The van der Waals surface area contributed by atoms with Gasteiger partial charge in [-0.2, -0.15) is 0 Å². The summed E-state index contributed by atoms with van der Waals surface area (Å²) in [7, 11) is 0. The van der Waals surface area contributed by atoms with Crippen LogP contribution < -0.4 is 0 Å². The Hall–Kier alpha value is -2.02. The maximum Gasteiger partial charge on any atom is 0.261 e. The van der Waals surface area contributed by atoms with Crippen molar-refractivity contribution in [3.8, 4) is 0 Å². The molecule has 108 valence electrons. The lowest BCUT2D eigenvalue weighted by Crippen LogP contribution is -2.33. The molecule has 0 N–H and O–H groups in total. The van der Waals surface area contributed by atoms with Crippen molar-refractivity contribution in [2.45, 2.75) is 18.3 Å². The summed E-state index contributed by atoms with van der Waals surface area (Å²) in [4.78, 5) is 25.8. The Morgan fingerprint density at radius 2 is 1.76 bits per heavy atom. The van der Waals surface area contributed by atoms with Gasteiger partial charge < -0.3 is 0 Å². The molecule has 1 aromatic heterocycles. The first kappa shape index (κ1) is 13.9. The topological polar surface area (TPSA) is 68.1 Å². The lowest BCUT2D eigenvalue weighted by molar-refractivity contribution is 0.0647. The number of rotatable bonds is 4. The zero-order valence-corrected chi connectivity index (χ0v) is 12.9. The second kappa shape index (κ2) is 5.40. The van der Waals surface area contributed by atoms with E-state index in [2.05, 4.69) is 26.2 Å². The zero-order valence-electron chi connectivity index (χ0n) is 11.4. The van der Waals surface area contributed by atoms with Crippen molar-refractivity contribution in [3.63, 3.8) is 0 Å². The number of imide groups is 1. The molecule has 0 radical (unpaired) electrons. The van der Waals surface area contributed by atoms with E-state index >= 15 is 0 Å². The van der Waals surface area contributed by atoms with E-state index in [1.807, 2.05) is 6.92 Å². The Morgan fingerprint density at radius 1 is 1.14 bits per heavy atom. The van der Waals surface area contributed by atoms with Gasteiger partial charge in [0.05, 0.1) is 28.2 Å². The number of carbonyl (C=O) groups is 2. The fourth-order valence-corrected chi connectivity index (χ4v) is 2.46. The van der Waals surface area contributed by atoms with Crippen molar-refractivity contribution in [2.75, 3.05) is 6.54 Å². The fourth-order valence-electron chi connectivity index (χ4n) is 2.25. The molecule has 3 rings (SSSR count). The Morgan fingerprint density at radius 3 is 2.29 bits per heavy atom. The lowest BCUT2D eigenvalue weighted by atomic mass is 10.1. The van der Waals surface area contributed by atoms with Crippen LogP contribution in [0, 0.1) is 0 Å². The quantitative estimate of drug-likeness (QED) is 0.626. The van der Waals surface area contributed by atoms with Gasteiger partial charge in [0.25, 0.3) is 11.8 Å². The SMILES string of the molecule is CC(Br)c1cn(CCN2C(=O)c3ccccc3C2=O)nn1. The molecule has 1 atom stereocenters. The van der Waals surface area contributed by atoms with E-state index in [-0.39, 0.29) is 23.2 Å². The van der Waals surface area contributed by atoms with Crippen LogP contribution in [0.5, 0.6) is 0 Å². The Bertz CT molecular complexity index is 676. The van der Waals surface area contributed by atoms with Gasteiger partial charge in [-0.3, -0.25) is 19.2 Å². The predicted molar refractivity (Wildman–Crippen MR) is 79.2 cm³/mol. The number of aromatic nitrogens is 3. The van der Waals surface area contributed by atoms with Gasteiger partial charge in [-0.05, 0) is 19.1 Å². The van der Waals surface area contributed by atoms with Crippen molar-refractivity contribution in [1.82, 2.24) is 19.9 Å². The second-order valence-electron chi connectivity index (χ2n) is 4.83. The summed E-state index contributed by atoms with van der Waals surface area (Å²) >= 11 is 3.42. The minimum atomic E-state index is -0.246. The molecule has 6 nitrogen and oxygen atoms in total. The van der Waals surface area contributed by atoms with E-state index in [4.69, 9.17) is 0 Å². The highest BCUT2D eigenvalue weighted by molar-refractivity contribution is 9.09. The van der Waals surface area contributed by atoms with Gasteiger partial charge in [-0.1, -0.05) is 33.3 Å². The molecule has 1 aliphatic heterocycles. The average Bonchev–Trinajstić information content (AvgIpc) is 3.03. The van der Waals surface area contributed by atoms with Crippen molar-refractivity contribution in [3.05, 3.63) is 47.3 Å². The normalized spacial score (nSPS) is 15.4. The third-order valence-corrected chi connectivity index (χ3v) is 3.86. The van der Waals surface area contributed by atoms with E-state index < -0.39 is 0 Å². The highest BCUT2D eigenvalue weighted by atomic mass is 79.9. The number of carbonyl (C=O) groups excluding carboxylic acids is 2. The number of benzene rings is 1. The molecule has 1 aliphatic rings. The smallest absolute Gasteiger partial charge is 0.261 e. The number of fused-ring (bicyclic) bond motifs is 1. The molecule has 0 saturated heterocycles. The second-order valence-corrected chi connectivity index (χ2v) is 6.20. The van der Waals surface area contributed by atoms with E-state index in [0.717, 1.165) is 5.69 Å². The van der Waals surface area contributed by atoms with Crippen LogP contribution in [0.1, 0.15) is 38.2 Å². The molecule has 2 heterocycles. The highest BCUT2D eigenvalue weighted by Crippen LogP contribution is 2.22. The maximum atomic E-state index is 12.2. The van der Waals surface area contributed by atoms with Crippen molar-refractivity contribution in [1.29, 1.82) is 0 Å². The van der Waals surface area contributed by atoms with Gasteiger partial charge in [0, 0.05) is 12.7 Å². The summed E-state index contributed by atoms with van der Waals surface area (Å²) in [5.41, 5.74) is 1.75. The van der Waals surface area contributed by atoms with Gasteiger partial charge in [0.2, 0.25) is 0 Å². The Kier molecular flexibility index (Phi) is 3.59. The van der Waals surface area contributed by atoms with Crippen molar-refractivity contribution < 1.29 is 9.59 Å². The number of hydrogen-bond donors (Lipinski definition) is 0. The third-order valence-electron chi connectivity index (χ3n) is 3.39. The Labute approximate surface area is 129 Å². The van der Waals surface area contributed by atoms with Crippen LogP contribution in [0.4, 0.5) is 0 Å². The molecule has 7 heteroatoms. The number of nitrogens with zero attached hydrogens (tertiary/aromatic N) is 4. The first-order valence-corrected chi connectivity index (χ1v) is 7.49. The number of amides is 2. The van der Waals surface area contributed by atoms with Gasteiger partial charge in [0.1, 0.15) is 0 Å². The molecular weight excluding hydrogens is 336 g/mol. The van der Waals surface area contributed by atoms with Crippen LogP contribution >= 0.6 is 15.9 Å². The Balaban J connectivity index is 1.72. The molecule has 0 fully saturated rings. The van der Waals surface area contributed by atoms with E-state index in [1.165, 1.54) is 4.90 Å². The highest BCUT2D eigenvalue weighted by Gasteiger charge is 2.34. The van der Waals surface area contributed by atoms with E-state index in [9.17, 15) is 9.59 Å². The van der Waals surface area contributed by atoms with Gasteiger partial charge >= 0.3 is 0 Å². The van der Waals surface area contributed by atoms with Gasteiger partial charge in [0.15, 0.2) is 0 Å². The van der Waals surface area contributed by atoms with Crippen LogP contribution in [-0.4, -0.2) is 38.3 Å². The summed E-state index contributed by atoms with van der Waals surface area (Å²) < 4.78 is 1.64. The van der Waals surface area contributed by atoms with Gasteiger partial charge in [-0.15, -0.1) is 5.10 Å². The molecule has 2 amide bonds. The summed E-state index contributed by atoms with van der Waals surface area (Å²) in [5, 5.41) is 8.00. The monoisotopic (exact) mass is 348 g/mol. The summed E-state index contributed by atoms with van der Waals surface area (Å²) in [6, 6.07) is 6.87. The molecule has 21 heavy (non-hydrogen) atoms. The summed E-state index contributed by atoms with van der Waals surface area (Å²) in [6.07, 6.45) is 1.80. The number of hydrogen-bond acceptors (Lipinski definition) is 4. The van der Waals surface area contributed by atoms with Crippen LogP contribution in [-0.2, 0) is 6.54 Å². The van der Waals surface area contributed by atoms with E-state index in [0.29, 0.717) is 17.7 Å². The van der Waals surface area contributed by atoms with Crippen molar-refractivity contribution >= 4 is 27.7 Å². The molecule has 1 unspecified atom stereocenters. The first-order chi connectivity index (χ1) is 10.1. The number of alkyl halides is 1. The molecule has 1 aromatic carbocycles. The van der Waals surface area contributed by atoms with Crippen LogP contribution in [0.2, 0.25) is 0 Å². The molecule has 0 aliphatic carbocycles. The van der Waals surface area contributed by atoms with Crippen LogP contribution in [0.3, 0.4) is 0 Å². The standard InChI is InChI=1S/C14H13BrN4O2/c1-9(15)12-8-18(17-16-12)6-7-19-13(20)10-4-2-3-5-11(10)14(19)21/h2-5,8-9H,6-7H2,1H3. The summed E-state index contributed by atoms with van der Waals surface area (Å²) in [6.45, 7) is 2.67. The fraction of sp³-hybridized carbons (Fsp3) is 0.286. The van der Waals surface area contributed by atoms with Crippen LogP contribution in [0.25, 0.3) is 0 Å². The third kappa shape index (κ3) is 2.49. The minimum Gasteiger partial charge on any atom is -0.272 e. The zero-order chi connectivity index (χ0) is 15.0. The van der Waals surface area contributed by atoms with Crippen molar-refractivity contribution in [2.24, 2.45) is 0 Å². The first-order valence-electron chi connectivity index (χ1n) is 6.57. The summed E-state index contributed by atoms with van der Waals surface area (Å²) in [5.74, 6) is -0.491. The molecule has 2 aromatic rings. The molecule has 0 bridgehead atoms. The number of halogens is 1. The average molecular weight is 349 g/mol. The van der Waals surface area contributed by atoms with E-state index in [1.54, 1.807) is 35.1 Å². The molecular formula is C14H13BrN4O2.